The van der Waals surface area contributed by atoms with Gasteiger partial charge in [0.05, 0.1) is 11.1 Å². The second-order valence-corrected chi connectivity index (χ2v) is 9.76. The Morgan fingerprint density at radius 1 is 0.966 bits per heavy atom. The van der Waals surface area contributed by atoms with E-state index < -0.39 is 5.41 Å². The molecule has 1 amide bonds. The van der Waals surface area contributed by atoms with Gasteiger partial charge in [0.25, 0.3) is 0 Å². The summed E-state index contributed by atoms with van der Waals surface area (Å²) >= 11 is 1.45. The Kier molecular flexibility index (Phi) is 5.80. The van der Waals surface area contributed by atoms with E-state index in [2.05, 4.69) is 31.1 Å². The molecular weight excluding hydrogens is 380 g/mol. The first kappa shape index (κ1) is 21.1. The number of nitrogens with zero attached hydrogens (tertiary/aromatic N) is 1. The molecule has 0 spiro atoms. The highest BCUT2D eigenvalue weighted by Gasteiger charge is 2.39. The Labute approximate surface area is 176 Å². The molecule has 0 fully saturated rings. The number of benzene rings is 2. The fraction of sp³-hybridized carbons (Fsp3) is 0.333. The quantitative estimate of drug-likeness (QED) is 0.549. The van der Waals surface area contributed by atoms with Crippen molar-refractivity contribution >= 4 is 22.4 Å². The van der Waals surface area contributed by atoms with E-state index in [1.807, 2.05) is 61.7 Å². The Hall–Kier alpha value is -2.66. The second-order valence-electron chi connectivity index (χ2n) is 8.90. The highest BCUT2D eigenvalue weighted by molar-refractivity contribution is 7.14. The predicted molar refractivity (Wildman–Crippen MR) is 120 cm³/mol. The smallest absolute Gasteiger partial charge is 0.232 e. The number of thiazole rings is 1. The standard InChI is InChI=1S/C24H28N2O2S/c1-23(2,3)19-15-29-22(25-19)26-21(28)24(4,5)20(16-9-7-6-8-10-16)17-11-13-18(27)14-12-17/h6-15,20,27H,1-5H3,(H,25,26,28). The van der Waals surface area contributed by atoms with Crippen LogP contribution in [-0.2, 0) is 10.2 Å². The molecule has 4 nitrogen and oxygen atoms in total. The number of phenols is 1. The maximum atomic E-state index is 13.4. The first-order valence-electron chi connectivity index (χ1n) is 9.70. The molecule has 0 radical (unpaired) electrons. The van der Waals surface area contributed by atoms with E-state index in [1.54, 1.807) is 12.1 Å². The van der Waals surface area contributed by atoms with Crippen LogP contribution in [0.15, 0.2) is 60.0 Å². The van der Waals surface area contributed by atoms with Crippen molar-refractivity contribution in [1.29, 1.82) is 0 Å². The number of nitrogens with one attached hydrogen (secondary N) is 1. The number of amides is 1. The minimum Gasteiger partial charge on any atom is -0.508 e. The molecule has 2 aromatic carbocycles. The lowest BCUT2D eigenvalue weighted by atomic mass is 9.70. The van der Waals surface area contributed by atoms with Gasteiger partial charge in [-0.15, -0.1) is 11.3 Å². The average Bonchev–Trinajstić information content (AvgIpc) is 3.13. The Morgan fingerprint density at radius 3 is 2.10 bits per heavy atom. The molecule has 0 aliphatic carbocycles. The van der Waals surface area contributed by atoms with Gasteiger partial charge in [-0.05, 0) is 23.3 Å². The van der Waals surface area contributed by atoms with E-state index in [4.69, 9.17) is 0 Å². The van der Waals surface area contributed by atoms with Gasteiger partial charge in [0.15, 0.2) is 5.13 Å². The summed E-state index contributed by atoms with van der Waals surface area (Å²) in [6, 6.07) is 17.1. The summed E-state index contributed by atoms with van der Waals surface area (Å²) in [4.78, 5) is 18.0. The molecule has 152 valence electrons. The number of aromatic nitrogens is 1. The molecule has 1 atom stereocenters. The Morgan fingerprint density at radius 2 is 1.55 bits per heavy atom. The SMILES string of the molecule is CC(C)(C)c1csc(NC(=O)C(C)(C)C(c2ccccc2)c2ccc(O)cc2)n1. The van der Waals surface area contributed by atoms with E-state index in [0.29, 0.717) is 5.13 Å². The van der Waals surface area contributed by atoms with Crippen molar-refractivity contribution in [2.45, 2.75) is 46.0 Å². The number of anilines is 1. The fourth-order valence-corrected chi connectivity index (χ4v) is 4.34. The van der Waals surface area contributed by atoms with Crippen LogP contribution in [0.25, 0.3) is 0 Å². The van der Waals surface area contributed by atoms with Crippen LogP contribution in [0.4, 0.5) is 5.13 Å². The van der Waals surface area contributed by atoms with Gasteiger partial charge in [-0.2, -0.15) is 0 Å². The Balaban J connectivity index is 1.94. The summed E-state index contributed by atoms with van der Waals surface area (Å²) in [6.45, 7) is 10.2. The molecule has 1 unspecified atom stereocenters. The number of carbonyl (C=O) groups excluding carboxylic acids is 1. The summed E-state index contributed by atoms with van der Waals surface area (Å²) in [5.41, 5.74) is 2.18. The number of rotatable bonds is 5. The van der Waals surface area contributed by atoms with Crippen LogP contribution < -0.4 is 5.32 Å². The summed E-state index contributed by atoms with van der Waals surface area (Å²) in [5, 5.41) is 15.3. The zero-order valence-electron chi connectivity index (χ0n) is 17.6. The van der Waals surface area contributed by atoms with Crippen molar-refractivity contribution in [3.63, 3.8) is 0 Å². The van der Waals surface area contributed by atoms with E-state index in [0.717, 1.165) is 16.8 Å². The molecule has 2 N–H and O–H groups in total. The average molecular weight is 409 g/mol. The molecule has 0 bridgehead atoms. The van der Waals surface area contributed by atoms with Crippen LogP contribution in [0, 0.1) is 5.41 Å². The van der Waals surface area contributed by atoms with Gasteiger partial charge in [-0.25, -0.2) is 4.98 Å². The first-order chi connectivity index (χ1) is 13.6. The molecular formula is C24H28N2O2S. The van der Waals surface area contributed by atoms with Crippen LogP contribution in [0.5, 0.6) is 5.75 Å². The van der Waals surface area contributed by atoms with E-state index in [-0.39, 0.29) is 23.0 Å². The third-order valence-corrected chi connectivity index (χ3v) is 5.92. The molecule has 1 aromatic heterocycles. The van der Waals surface area contributed by atoms with Gasteiger partial charge in [0, 0.05) is 16.7 Å². The molecule has 0 saturated carbocycles. The first-order valence-corrected chi connectivity index (χ1v) is 10.6. The zero-order valence-corrected chi connectivity index (χ0v) is 18.4. The maximum Gasteiger partial charge on any atom is 0.232 e. The van der Waals surface area contributed by atoms with Crippen molar-refractivity contribution in [2.24, 2.45) is 5.41 Å². The topological polar surface area (TPSA) is 62.2 Å². The number of hydrogen-bond donors (Lipinski definition) is 2. The lowest BCUT2D eigenvalue weighted by Gasteiger charge is -2.33. The molecule has 0 saturated heterocycles. The summed E-state index contributed by atoms with van der Waals surface area (Å²) in [5.74, 6) is -0.0547. The summed E-state index contributed by atoms with van der Waals surface area (Å²) < 4.78 is 0. The number of aromatic hydroxyl groups is 1. The maximum absolute atomic E-state index is 13.4. The molecule has 5 heteroatoms. The molecule has 0 aliphatic heterocycles. The van der Waals surface area contributed by atoms with Crippen LogP contribution in [-0.4, -0.2) is 16.0 Å². The Bertz CT molecular complexity index is 970. The van der Waals surface area contributed by atoms with Crippen molar-refractivity contribution < 1.29 is 9.90 Å². The summed E-state index contributed by atoms with van der Waals surface area (Å²) in [7, 11) is 0. The van der Waals surface area contributed by atoms with E-state index in [9.17, 15) is 9.90 Å². The van der Waals surface area contributed by atoms with Gasteiger partial charge in [0.2, 0.25) is 5.91 Å². The lowest BCUT2D eigenvalue weighted by molar-refractivity contribution is -0.124. The normalized spacial score (nSPS) is 13.1. The monoisotopic (exact) mass is 408 g/mol. The van der Waals surface area contributed by atoms with Crippen LogP contribution in [0.2, 0.25) is 0 Å². The van der Waals surface area contributed by atoms with Gasteiger partial charge in [-0.3, -0.25) is 4.79 Å². The van der Waals surface area contributed by atoms with Crippen molar-refractivity contribution in [3.8, 4) is 5.75 Å². The highest BCUT2D eigenvalue weighted by Crippen LogP contribution is 2.42. The molecule has 3 aromatic rings. The highest BCUT2D eigenvalue weighted by atomic mass is 32.1. The van der Waals surface area contributed by atoms with Crippen molar-refractivity contribution in [2.75, 3.05) is 5.32 Å². The van der Waals surface area contributed by atoms with Crippen LogP contribution >= 0.6 is 11.3 Å². The molecule has 1 heterocycles. The zero-order chi connectivity index (χ0) is 21.2. The van der Waals surface area contributed by atoms with Crippen LogP contribution in [0.3, 0.4) is 0 Å². The molecule has 0 aliphatic rings. The number of hydrogen-bond acceptors (Lipinski definition) is 4. The van der Waals surface area contributed by atoms with Gasteiger partial charge in [0.1, 0.15) is 5.75 Å². The third kappa shape index (κ3) is 4.67. The number of carbonyl (C=O) groups is 1. The van der Waals surface area contributed by atoms with Crippen LogP contribution in [0.1, 0.15) is 57.4 Å². The third-order valence-electron chi connectivity index (χ3n) is 5.16. The number of phenolic OH excluding ortho intramolecular Hbond substituents is 1. The summed E-state index contributed by atoms with van der Waals surface area (Å²) in [6.07, 6.45) is 0. The van der Waals surface area contributed by atoms with Gasteiger partial charge >= 0.3 is 0 Å². The fourth-order valence-electron chi connectivity index (χ4n) is 3.40. The minimum absolute atomic E-state index is 0.0619. The largest absolute Gasteiger partial charge is 0.508 e. The predicted octanol–water partition coefficient (Wildman–Crippen LogP) is 5.94. The molecule has 29 heavy (non-hydrogen) atoms. The molecule has 3 rings (SSSR count). The lowest BCUT2D eigenvalue weighted by Crippen LogP contribution is -2.37. The second kappa shape index (κ2) is 7.99. The van der Waals surface area contributed by atoms with E-state index in [1.165, 1.54) is 11.3 Å². The minimum atomic E-state index is -0.744. The van der Waals surface area contributed by atoms with E-state index >= 15 is 0 Å². The van der Waals surface area contributed by atoms with Crippen molar-refractivity contribution in [1.82, 2.24) is 4.98 Å². The van der Waals surface area contributed by atoms with Crippen molar-refractivity contribution in [3.05, 3.63) is 76.8 Å². The van der Waals surface area contributed by atoms with Gasteiger partial charge < -0.3 is 10.4 Å². The van der Waals surface area contributed by atoms with Gasteiger partial charge in [-0.1, -0.05) is 77.1 Å².